The van der Waals surface area contributed by atoms with E-state index in [0.717, 1.165) is 5.56 Å². The van der Waals surface area contributed by atoms with Crippen LogP contribution >= 0.6 is 11.6 Å². The highest BCUT2D eigenvalue weighted by molar-refractivity contribution is 7.89. The molecular formula is C34H49ClN4O5S. The summed E-state index contributed by atoms with van der Waals surface area (Å²) in [6.07, 6.45) is 1.59. The van der Waals surface area contributed by atoms with Crippen molar-refractivity contribution in [2.45, 2.75) is 84.7 Å². The average Bonchev–Trinajstić information content (AvgIpc) is 2.93. The van der Waals surface area contributed by atoms with E-state index in [2.05, 4.69) is 15.4 Å². The van der Waals surface area contributed by atoms with Gasteiger partial charge in [0.1, 0.15) is 6.04 Å². The molecular weight excluding hydrogens is 612 g/mol. The maximum atomic E-state index is 14.1. The Labute approximate surface area is 274 Å². The largest absolute Gasteiger partial charge is 0.342 e. The molecule has 0 saturated carbocycles. The molecule has 0 fully saturated rings. The quantitative estimate of drug-likeness (QED) is 0.265. The summed E-state index contributed by atoms with van der Waals surface area (Å²) in [5.41, 5.74) is 0.320. The smallest absolute Gasteiger partial charge is 0.260 e. The van der Waals surface area contributed by atoms with Crippen molar-refractivity contribution in [1.82, 2.24) is 20.3 Å². The van der Waals surface area contributed by atoms with Crippen molar-refractivity contribution in [1.29, 1.82) is 0 Å². The highest BCUT2D eigenvalue weighted by atomic mass is 35.5. The minimum atomic E-state index is -4.01. The monoisotopic (exact) mass is 660 g/mol. The van der Waals surface area contributed by atoms with Crippen molar-refractivity contribution >= 4 is 39.3 Å². The second-order valence-electron chi connectivity index (χ2n) is 13.5. The third-order valence-electron chi connectivity index (χ3n) is 7.94. The first-order chi connectivity index (χ1) is 20.7. The van der Waals surface area contributed by atoms with Gasteiger partial charge in [0, 0.05) is 23.1 Å². The molecule has 0 aliphatic heterocycles. The lowest BCUT2D eigenvalue weighted by Crippen LogP contribution is -2.61. The molecule has 2 rings (SSSR count). The number of nitrogens with zero attached hydrogens (tertiary/aromatic N) is 1. The van der Waals surface area contributed by atoms with Crippen molar-refractivity contribution in [3.8, 4) is 0 Å². The zero-order valence-corrected chi connectivity index (χ0v) is 29.6. The summed E-state index contributed by atoms with van der Waals surface area (Å²) in [6.45, 7) is 14.9. The molecule has 0 aromatic heterocycles. The average molecular weight is 661 g/mol. The summed E-state index contributed by atoms with van der Waals surface area (Å²) in [6, 6.07) is 14.0. The van der Waals surface area contributed by atoms with Crippen molar-refractivity contribution < 1.29 is 22.8 Å². The lowest BCUT2D eigenvalue weighted by atomic mass is 9.76. The molecule has 0 saturated heterocycles. The third-order valence-corrected chi connectivity index (χ3v) is 9.39. The first-order valence-corrected chi connectivity index (χ1v) is 17.0. The predicted octanol–water partition coefficient (Wildman–Crippen LogP) is 4.81. The van der Waals surface area contributed by atoms with E-state index in [9.17, 15) is 22.8 Å². The second kappa shape index (κ2) is 15.4. The number of hydrogen-bond acceptors (Lipinski definition) is 6. The summed E-state index contributed by atoms with van der Waals surface area (Å²) in [4.78, 5) is 42.3. The highest BCUT2D eigenvalue weighted by Gasteiger charge is 2.41. The van der Waals surface area contributed by atoms with Crippen LogP contribution in [0.5, 0.6) is 0 Å². The second-order valence-corrected chi connectivity index (χ2v) is 15.6. The van der Waals surface area contributed by atoms with Crippen LogP contribution in [0.25, 0.3) is 0 Å². The molecule has 2 aromatic carbocycles. The van der Waals surface area contributed by atoms with Crippen molar-refractivity contribution in [2.24, 2.45) is 11.3 Å². The Balaban J connectivity index is 2.29. The van der Waals surface area contributed by atoms with Gasteiger partial charge < -0.3 is 15.5 Å². The minimum Gasteiger partial charge on any atom is -0.342 e. The van der Waals surface area contributed by atoms with Crippen molar-refractivity contribution in [3.05, 3.63) is 82.4 Å². The Bertz CT molecular complexity index is 1480. The van der Waals surface area contributed by atoms with Crippen LogP contribution in [-0.2, 0) is 35.6 Å². The van der Waals surface area contributed by atoms with E-state index in [1.54, 1.807) is 38.4 Å². The van der Waals surface area contributed by atoms with Gasteiger partial charge in [0.2, 0.25) is 21.8 Å². The van der Waals surface area contributed by atoms with Gasteiger partial charge in [0.05, 0.1) is 17.8 Å². The number of amides is 3. The SMILES string of the molecule is CN[C@H](C(=O)NC(C(=O)N(C)[C@H](/C=C(\C)C(=O)NS(=O)(=O)Cc1cccc(Cl)c1)C(C)C)C(C)(C)C)C(C)(C)c1ccccc1. The Kier molecular flexibility index (Phi) is 13.0. The van der Waals surface area contributed by atoms with Crippen molar-refractivity contribution in [3.63, 3.8) is 0 Å². The number of nitrogens with one attached hydrogen (secondary N) is 3. The number of carbonyl (C=O) groups excluding carboxylic acids is 3. The molecule has 0 spiro atoms. The highest BCUT2D eigenvalue weighted by Crippen LogP contribution is 2.29. The Morgan fingerprint density at radius 3 is 2.07 bits per heavy atom. The van der Waals surface area contributed by atoms with Crippen LogP contribution < -0.4 is 15.4 Å². The number of likely N-dealkylation sites (N-methyl/N-ethyl adjacent to an activating group) is 2. The Morgan fingerprint density at radius 1 is 0.956 bits per heavy atom. The minimum absolute atomic E-state index is 0.136. The maximum Gasteiger partial charge on any atom is 0.260 e. The number of benzene rings is 2. The van der Waals surface area contributed by atoms with Gasteiger partial charge in [-0.1, -0.05) is 109 Å². The van der Waals surface area contributed by atoms with Crippen LogP contribution in [0.15, 0.2) is 66.2 Å². The number of carbonyl (C=O) groups is 3. The zero-order valence-electron chi connectivity index (χ0n) is 28.1. The van der Waals surface area contributed by atoms with E-state index < -0.39 is 50.6 Å². The summed E-state index contributed by atoms with van der Waals surface area (Å²) in [7, 11) is -0.667. The van der Waals surface area contributed by atoms with Crippen LogP contribution in [0, 0.1) is 11.3 Å². The lowest BCUT2D eigenvalue weighted by Gasteiger charge is -2.40. The van der Waals surface area contributed by atoms with Crippen LogP contribution in [0.1, 0.15) is 66.5 Å². The zero-order chi connectivity index (χ0) is 34.3. The molecule has 2 aromatic rings. The molecule has 0 aliphatic rings. The van der Waals surface area contributed by atoms with Crippen LogP contribution in [-0.4, -0.2) is 63.3 Å². The molecule has 3 amide bonds. The fourth-order valence-corrected chi connectivity index (χ4v) is 6.61. The fraction of sp³-hybridized carbons (Fsp3) is 0.500. The van der Waals surface area contributed by atoms with Gasteiger partial charge in [0.25, 0.3) is 5.91 Å². The number of sulfonamides is 1. The molecule has 0 aliphatic carbocycles. The summed E-state index contributed by atoms with van der Waals surface area (Å²) < 4.78 is 27.5. The van der Waals surface area contributed by atoms with E-state index in [4.69, 9.17) is 11.6 Å². The Morgan fingerprint density at radius 2 is 1.56 bits per heavy atom. The normalized spacial score (nSPS) is 14.8. The molecule has 248 valence electrons. The molecule has 3 N–H and O–H groups in total. The third kappa shape index (κ3) is 10.4. The molecule has 9 nitrogen and oxygen atoms in total. The molecule has 0 bridgehead atoms. The number of halogens is 1. The molecule has 3 atom stereocenters. The van der Waals surface area contributed by atoms with Crippen LogP contribution in [0.4, 0.5) is 0 Å². The van der Waals surface area contributed by atoms with E-state index in [0.29, 0.717) is 10.6 Å². The summed E-state index contributed by atoms with van der Waals surface area (Å²) in [5.74, 6) is -1.99. The van der Waals surface area contributed by atoms with E-state index in [1.165, 1.54) is 17.9 Å². The van der Waals surface area contributed by atoms with Gasteiger partial charge in [-0.15, -0.1) is 0 Å². The van der Waals surface area contributed by atoms with Gasteiger partial charge in [-0.05, 0) is 48.6 Å². The predicted molar refractivity (Wildman–Crippen MR) is 181 cm³/mol. The summed E-state index contributed by atoms with van der Waals surface area (Å²) in [5, 5.41) is 6.54. The summed E-state index contributed by atoms with van der Waals surface area (Å²) >= 11 is 5.97. The number of rotatable bonds is 13. The first kappa shape index (κ1) is 38.0. The van der Waals surface area contributed by atoms with E-state index in [-0.39, 0.29) is 23.3 Å². The maximum absolute atomic E-state index is 14.1. The molecule has 11 heteroatoms. The molecule has 0 radical (unpaired) electrons. The first-order valence-electron chi connectivity index (χ1n) is 15.0. The van der Waals surface area contributed by atoms with Gasteiger partial charge >= 0.3 is 0 Å². The topological polar surface area (TPSA) is 125 Å². The Hall–Kier alpha value is -3.21. The van der Waals surface area contributed by atoms with E-state index >= 15 is 0 Å². The fourth-order valence-electron chi connectivity index (χ4n) is 5.27. The molecule has 1 unspecified atom stereocenters. The van der Waals surface area contributed by atoms with Crippen LogP contribution in [0.3, 0.4) is 0 Å². The number of hydrogen-bond donors (Lipinski definition) is 3. The van der Waals surface area contributed by atoms with Gasteiger partial charge in [-0.3, -0.25) is 14.4 Å². The van der Waals surface area contributed by atoms with Crippen molar-refractivity contribution in [2.75, 3.05) is 14.1 Å². The standard InChI is InChI=1S/C34H49ClN4O5S/c1-22(2)27(19-23(3)30(40)38-45(43,44)21-24-15-14-18-26(35)20-24)39(10)32(42)29(33(4,5)6)37-31(41)28(36-9)34(7,8)25-16-12-11-13-17-25/h11-20,22,27-29,36H,21H2,1-10H3,(H,37,41)(H,38,40)/b23-19+/t27-,28-,29?/m1/s1. The van der Waals surface area contributed by atoms with Gasteiger partial charge in [-0.2, -0.15) is 0 Å². The van der Waals surface area contributed by atoms with Gasteiger partial charge in [0.15, 0.2) is 0 Å². The molecule has 0 heterocycles. The lowest BCUT2D eigenvalue weighted by molar-refractivity contribution is -0.140. The van der Waals surface area contributed by atoms with Gasteiger partial charge in [-0.25, -0.2) is 13.1 Å². The molecule has 45 heavy (non-hydrogen) atoms. The van der Waals surface area contributed by atoms with E-state index in [1.807, 2.05) is 78.8 Å². The van der Waals surface area contributed by atoms with Crippen LogP contribution in [0.2, 0.25) is 5.02 Å².